The highest BCUT2D eigenvalue weighted by Gasteiger charge is 2.23. The molecule has 1 saturated heterocycles. The van der Waals surface area contributed by atoms with Gasteiger partial charge in [-0.2, -0.15) is 0 Å². The molecule has 1 fully saturated rings. The van der Waals surface area contributed by atoms with Gasteiger partial charge in [-0.25, -0.2) is 4.98 Å². The molecule has 1 aromatic heterocycles. The van der Waals surface area contributed by atoms with E-state index in [1.165, 1.54) is 0 Å². The maximum absolute atomic E-state index is 12.4. The molecule has 0 saturated carbocycles. The van der Waals surface area contributed by atoms with E-state index in [4.69, 9.17) is 23.2 Å². The van der Waals surface area contributed by atoms with E-state index < -0.39 is 0 Å². The SMILES string of the molecule is O=C(Cc1ccc(Cl)c(Cl)c1)N1CCC(n2ccnc2)CC1. The second kappa shape index (κ2) is 6.71. The molecule has 4 nitrogen and oxygen atoms in total. The van der Waals surface area contributed by atoms with Gasteiger partial charge in [0.15, 0.2) is 0 Å². The standard InChI is InChI=1S/C16H17Cl2N3O/c17-14-2-1-12(9-15(14)18)10-16(22)20-6-3-13(4-7-20)21-8-5-19-11-21/h1-2,5,8-9,11,13H,3-4,6-7,10H2. The second-order valence-electron chi connectivity index (χ2n) is 5.55. The lowest BCUT2D eigenvalue weighted by Crippen LogP contribution is -2.39. The number of hydrogen-bond acceptors (Lipinski definition) is 2. The number of halogens is 2. The Morgan fingerprint density at radius 3 is 2.64 bits per heavy atom. The number of hydrogen-bond donors (Lipinski definition) is 0. The largest absolute Gasteiger partial charge is 0.342 e. The fraction of sp³-hybridized carbons (Fsp3) is 0.375. The molecule has 0 atom stereocenters. The molecule has 116 valence electrons. The minimum atomic E-state index is 0.141. The summed E-state index contributed by atoms with van der Waals surface area (Å²) < 4.78 is 2.13. The van der Waals surface area contributed by atoms with Crippen LogP contribution >= 0.6 is 23.2 Å². The van der Waals surface area contributed by atoms with Gasteiger partial charge in [0.25, 0.3) is 0 Å². The summed E-state index contributed by atoms with van der Waals surface area (Å²) in [5.74, 6) is 0.141. The average Bonchev–Trinajstić information content (AvgIpc) is 3.05. The number of imidazole rings is 1. The molecule has 0 spiro atoms. The summed E-state index contributed by atoms with van der Waals surface area (Å²) in [5.41, 5.74) is 0.899. The number of benzene rings is 1. The molecular formula is C16H17Cl2N3O. The van der Waals surface area contributed by atoms with Gasteiger partial charge in [-0.15, -0.1) is 0 Å². The zero-order chi connectivity index (χ0) is 15.5. The minimum absolute atomic E-state index is 0.141. The van der Waals surface area contributed by atoms with Crippen molar-refractivity contribution in [3.8, 4) is 0 Å². The Morgan fingerprint density at radius 1 is 1.23 bits per heavy atom. The van der Waals surface area contributed by atoms with Crippen LogP contribution in [0.1, 0.15) is 24.4 Å². The number of likely N-dealkylation sites (tertiary alicyclic amines) is 1. The number of amides is 1. The molecular weight excluding hydrogens is 321 g/mol. The van der Waals surface area contributed by atoms with Crippen molar-refractivity contribution >= 4 is 29.1 Å². The molecule has 0 N–H and O–H groups in total. The van der Waals surface area contributed by atoms with Crippen LogP contribution in [-0.2, 0) is 11.2 Å². The highest BCUT2D eigenvalue weighted by atomic mass is 35.5. The molecule has 1 aromatic carbocycles. The molecule has 0 aliphatic carbocycles. The zero-order valence-electron chi connectivity index (χ0n) is 12.1. The summed E-state index contributed by atoms with van der Waals surface area (Å²) in [6, 6.07) is 5.79. The van der Waals surface area contributed by atoms with Gasteiger partial charge in [-0.1, -0.05) is 29.3 Å². The molecule has 3 rings (SSSR count). The van der Waals surface area contributed by atoms with Crippen molar-refractivity contribution in [3.63, 3.8) is 0 Å². The first-order valence-electron chi connectivity index (χ1n) is 7.32. The molecule has 0 radical (unpaired) electrons. The van der Waals surface area contributed by atoms with E-state index in [0.717, 1.165) is 31.5 Å². The molecule has 6 heteroatoms. The molecule has 2 aromatic rings. The number of carbonyl (C=O) groups excluding carboxylic acids is 1. The molecule has 2 heterocycles. The van der Waals surface area contributed by atoms with Crippen LogP contribution in [-0.4, -0.2) is 33.4 Å². The number of carbonyl (C=O) groups is 1. The van der Waals surface area contributed by atoms with Gasteiger partial charge in [-0.3, -0.25) is 4.79 Å². The lowest BCUT2D eigenvalue weighted by Gasteiger charge is -2.32. The van der Waals surface area contributed by atoms with Crippen LogP contribution < -0.4 is 0 Å². The molecule has 0 bridgehead atoms. The van der Waals surface area contributed by atoms with Gasteiger partial charge < -0.3 is 9.47 Å². The maximum atomic E-state index is 12.4. The van der Waals surface area contributed by atoms with Crippen molar-refractivity contribution in [1.82, 2.24) is 14.5 Å². The number of nitrogens with zero attached hydrogens (tertiary/aromatic N) is 3. The van der Waals surface area contributed by atoms with Crippen LogP contribution in [0, 0.1) is 0 Å². The first kappa shape index (κ1) is 15.4. The van der Waals surface area contributed by atoms with Crippen LogP contribution in [0.25, 0.3) is 0 Å². The molecule has 1 aliphatic heterocycles. The van der Waals surface area contributed by atoms with E-state index in [2.05, 4.69) is 9.55 Å². The van der Waals surface area contributed by atoms with Gasteiger partial charge >= 0.3 is 0 Å². The molecule has 0 unspecified atom stereocenters. The van der Waals surface area contributed by atoms with Crippen LogP contribution in [0.4, 0.5) is 0 Å². The maximum Gasteiger partial charge on any atom is 0.226 e. The van der Waals surface area contributed by atoms with E-state index in [1.54, 1.807) is 18.3 Å². The fourth-order valence-corrected chi connectivity index (χ4v) is 3.16. The highest BCUT2D eigenvalue weighted by Crippen LogP contribution is 2.25. The lowest BCUT2D eigenvalue weighted by molar-refractivity contribution is -0.131. The summed E-state index contributed by atoms with van der Waals surface area (Å²) in [6.45, 7) is 1.56. The Bertz CT molecular complexity index is 649. The van der Waals surface area contributed by atoms with E-state index >= 15 is 0 Å². The normalized spacial score (nSPS) is 16.0. The van der Waals surface area contributed by atoms with E-state index in [1.807, 2.05) is 23.5 Å². The van der Waals surface area contributed by atoms with Crippen molar-refractivity contribution in [2.45, 2.75) is 25.3 Å². The zero-order valence-corrected chi connectivity index (χ0v) is 13.6. The monoisotopic (exact) mass is 337 g/mol. The first-order valence-corrected chi connectivity index (χ1v) is 8.08. The Kier molecular flexibility index (Phi) is 4.69. The van der Waals surface area contributed by atoms with Gasteiger partial charge in [0.1, 0.15) is 0 Å². The van der Waals surface area contributed by atoms with Gasteiger partial charge in [0, 0.05) is 31.5 Å². The van der Waals surface area contributed by atoms with Gasteiger partial charge in [-0.05, 0) is 30.5 Å². The highest BCUT2D eigenvalue weighted by molar-refractivity contribution is 6.42. The number of aromatic nitrogens is 2. The summed E-state index contributed by atoms with van der Waals surface area (Å²) in [6.07, 6.45) is 7.91. The smallest absolute Gasteiger partial charge is 0.226 e. The van der Waals surface area contributed by atoms with Crippen LogP contribution in [0.15, 0.2) is 36.9 Å². The number of rotatable bonds is 3. The quantitative estimate of drug-likeness (QED) is 0.858. The fourth-order valence-electron chi connectivity index (χ4n) is 2.83. The minimum Gasteiger partial charge on any atom is -0.342 e. The summed E-state index contributed by atoms with van der Waals surface area (Å²) >= 11 is 11.9. The predicted octanol–water partition coefficient (Wildman–Crippen LogP) is 3.60. The lowest BCUT2D eigenvalue weighted by atomic mass is 10.0. The van der Waals surface area contributed by atoms with Crippen molar-refractivity contribution < 1.29 is 4.79 Å². The second-order valence-corrected chi connectivity index (χ2v) is 6.36. The van der Waals surface area contributed by atoms with Crippen LogP contribution in [0.2, 0.25) is 10.0 Å². The molecule has 1 aliphatic rings. The predicted molar refractivity (Wildman–Crippen MR) is 87.2 cm³/mol. The number of piperidine rings is 1. The van der Waals surface area contributed by atoms with Crippen molar-refractivity contribution in [2.75, 3.05) is 13.1 Å². The van der Waals surface area contributed by atoms with Crippen molar-refractivity contribution in [1.29, 1.82) is 0 Å². The average molecular weight is 338 g/mol. The molecule has 1 amide bonds. The van der Waals surface area contributed by atoms with Crippen LogP contribution in [0.3, 0.4) is 0 Å². The van der Waals surface area contributed by atoms with E-state index in [9.17, 15) is 4.79 Å². The third-order valence-electron chi connectivity index (χ3n) is 4.10. The Balaban J connectivity index is 1.56. The molecule has 22 heavy (non-hydrogen) atoms. The van der Waals surface area contributed by atoms with E-state index in [-0.39, 0.29) is 5.91 Å². The topological polar surface area (TPSA) is 38.1 Å². The summed E-state index contributed by atoms with van der Waals surface area (Å²) in [7, 11) is 0. The van der Waals surface area contributed by atoms with E-state index in [0.29, 0.717) is 22.5 Å². The third kappa shape index (κ3) is 3.45. The Labute approximate surface area is 139 Å². The van der Waals surface area contributed by atoms with Crippen molar-refractivity contribution in [2.24, 2.45) is 0 Å². The van der Waals surface area contributed by atoms with Gasteiger partial charge in [0.05, 0.1) is 22.8 Å². The first-order chi connectivity index (χ1) is 10.6. The van der Waals surface area contributed by atoms with Gasteiger partial charge in [0.2, 0.25) is 5.91 Å². The van der Waals surface area contributed by atoms with Crippen molar-refractivity contribution in [3.05, 3.63) is 52.5 Å². The summed E-state index contributed by atoms with van der Waals surface area (Å²) in [5, 5.41) is 1.00. The Morgan fingerprint density at radius 2 is 2.00 bits per heavy atom. The Hall–Kier alpha value is -1.52. The summed E-state index contributed by atoms with van der Waals surface area (Å²) in [4.78, 5) is 18.4. The van der Waals surface area contributed by atoms with Crippen LogP contribution in [0.5, 0.6) is 0 Å². The third-order valence-corrected chi connectivity index (χ3v) is 4.84.